The van der Waals surface area contributed by atoms with Gasteiger partial charge >= 0.3 is 0 Å². The summed E-state index contributed by atoms with van der Waals surface area (Å²) >= 11 is 0. The Labute approximate surface area is 109 Å². The first kappa shape index (κ1) is 13.8. The summed E-state index contributed by atoms with van der Waals surface area (Å²) in [5, 5.41) is 0. The van der Waals surface area contributed by atoms with Crippen LogP contribution in [0.5, 0.6) is 0 Å². The minimum absolute atomic E-state index is 0.102. The van der Waals surface area contributed by atoms with Gasteiger partial charge in [-0.3, -0.25) is 9.69 Å². The minimum Gasteiger partial charge on any atom is -0.384 e. The van der Waals surface area contributed by atoms with Crippen LogP contribution in [-0.4, -0.2) is 75.4 Å². The van der Waals surface area contributed by atoms with E-state index in [9.17, 15) is 4.79 Å². The third kappa shape index (κ3) is 2.53. The van der Waals surface area contributed by atoms with Gasteiger partial charge in [0.05, 0.1) is 5.54 Å². The van der Waals surface area contributed by atoms with E-state index in [-0.39, 0.29) is 18.1 Å². The molecule has 5 heteroatoms. The van der Waals surface area contributed by atoms with E-state index in [0.29, 0.717) is 5.92 Å². The van der Waals surface area contributed by atoms with E-state index in [0.717, 1.165) is 32.7 Å². The molecule has 0 aromatic carbocycles. The summed E-state index contributed by atoms with van der Waals surface area (Å²) in [6.07, 6.45) is 2.33. The molecule has 0 radical (unpaired) electrons. The van der Waals surface area contributed by atoms with E-state index in [2.05, 4.69) is 11.9 Å². The van der Waals surface area contributed by atoms with Crippen LogP contribution in [0.1, 0.15) is 12.8 Å². The first-order chi connectivity index (χ1) is 8.61. The van der Waals surface area contributed by atoms with E-state index in [4.69, 9.17) is 9.47 Å². The summed E-state index contributed by atoms with van der Waals surface area (Å²) in [5.41, 5.74) is 0.185. The Bertz CT molecular complexity index is 303. The lowest BCUT2D eigenvalue weighted by molar-refractivity contribution is -0.154. The second-order valence-electron chi connectivity index (χ2n) is 5.64. The van der Waals surface area contributed by atoms with Gasteiger partial charge in [-0.1, -0.05) is 0 Å². The number of amides is 1. The van der Waals surface area contributed by atoms with Gasteiger partial charge in [0, 0.05) is 33.9 Å². The first-order valence-corrected chi connectivity index (χ1v) is 6.58. The van der Waals surface area contributed by atoms with Gasteiger partial charge in [-0.2, -0.15) is 0 Å². The van der Waals surface area contributed by atoms with Crippen molar-refractivity contribution in [2.24, 2.45) is 5.92 Å². The van der Waals surface area contributed by atoms with E-state index < -0.39 is 0 Å². The van der Waals surface area contributed by atoms with E-state index in [1.165, 1.54) is 6.42 Å². The average molecular weight is 256 g/mol. The summed E-state index contributed by atoms with van der Waals surface area (Å²) in [6, 6.07) is 0. The van der Waals surface area contributed by atoms with Crippen LogP contribution in [0.25, 0.3) is 0 Å². The van der Waals surface area contributed by atoms with Crippen molar-refractivity contribution in [3.8, 4) is 0 Å². The number of carbonyl (C=O) groups is 1. The zero-order chi connectivity index (χ0) is 13.2. The first-order valence-electron chi connectivity index (χ1n) is 6.58. The lowest BCUT2D eigenvalue weighted by atomic mass is 9.75. The van der Waals surface area contributed by atoms with Gasteiger partial charge in [0.25, 0.3) is 0 Å². The quantitative estimate of drug-likeness (QED) is 0.721. The molecule has 0 saturated carbocycles. The third-order valence-electron chi connectivity index (χ3n) is 4.34. The van der Waals surface area contributed by atoms with Crippen molar-refractivity contribution in [3.05, 3.63) is 0 Å². The number of hydrogen-bond acceptors (Lipinski definition) is 4. The van der Waals surface area contributed by atoms with Gasteiger partial charge in [-0.25, -0.2) is 0 Å². The second-order valence-corrected chi connectivity index (χ2v) is 5.64. The highest BCUT2D eigenvalue weighted by molar-refractivity contribution is 5.78. The second kappa shape index (κ2) is 5.55. The molecule has 0 aromatic rings. The lowest BCUT2D eigenvalue weighted by Crippen LogP contribution is -2.72. The number of likely N-dealkylation sites (tertiary alicyclic amines) is 2. The normalized spacial score (nSPS) is 27.3. The minimum atomic E-state index is 0.102. The highest BCUT2D eigenvalue weighted by Gasteiger charge is 2.50. The van der Waals surface area contributed by atoms with Crippen molar-refractivity contribution < 1.29 is 14.3 Å². The molecule has 1 amide bonds. The number of hydrogen-bond donors (Lipinski definition) is 0. The molecule has 18 heavy (non-hydrogen) atoms. The Morgan fingerprint density at radius 3 is 2.67 bits per heavy atom. The molecule has 2 aliphatic rings. The summed E-state index contributed by atoms with van der Waals surface area (Å²) in [4.78, 5) is 16.0. The van der Waals surface area contributed by atoms with Crippen LogP contribution in [0.15, 0.2) is 0 Å². The van der Waals surface area contributed by atoms with Crippen molar-refractivity contribution in [1.29, 1.82) is 0 Å². The smallest absolute Gasteiger partial charge is 0.248 e. The molecule has 0 unspecified atom stereocenters. The summed E-state index contributed by atoms with van der Waals surface area (Å²) < 4.78 is 10.2. The molecule has 2 aliphatic heterocycles. The van der Waals surface area contributed by atoms with Crippen LogP contribution >= 0.6 is 0 Å². The summed E-state index contributed by atoms with van der Waals surface area (Å²) in [7, 11) is 5.50. The van der Waals surface area contributed by atoms with Crippen molar-refractivity contribution in [3.63, 3.8) is 0 Å². The van der Waals surface area contributed by atoms with Crippen molar-refractivity contribution >= 4 is 5.91 Å². The predicted molar refractivity (Wildman–Crippen MR) is 68.4 cm³/mol. The fraction of sp³-hybridized carbons (Fsp3) is 0.923. The van der Waals surface area contributed by atoms with Gasteiger partial charge in [0.2, 0.25) is 5.91 Å². The van der Waals surface area contributed by atoms with Crippen molar-refractivity contribution in [1.82, 2.24) is 9.80 Å². The SMILES string of the molecule is COCC(=O)N1CC2(C[C@@H](COC)CCN2C)C1. The van der Waals surface area contributed by atoms with Crippen LogP contribution in [0, 0.1) is 5.92 Å². The maximum absolute atomic E-state index is 11.7. The highest BCUT2D eigenvalue weighted by atomic mass is 16.5. The number of carbonyl (C=O) groups excluding carboxylic acids is 1. The highest BCUT2D eigenvalue weighted by Crippen LogP contribution is 2.38. The van der Waals surface area contributed by atoms with Crippen LogP contribution < -0.4 is 0 Å². The number of methoxy groups -OCH3 is 2. The fourth-order valence-corrected chi connectivity index (χ4v) is 3.21. The molecule has 0 N–H and O–H groups in total. The maximum atomic E-state index is 11.7. The molecule has 2 saturated heterocycles. The van der Waals surface area contributed by atoms with Crippen LogP contribution in [-0.2, 0) is 14.3 Å². The third-order valence-corrected chi connectivity index (χ3v) is 4.34. The maximum Gasteiger partial charge on any atom is 0.248 e. The molecule has 104 valence electrons. The Morgan fingerprint density at radius 1 is 1.33 bits per heavy atom. The lowest BCUT2D eigenvalue weighted by Gasteiger charge is -2.58. The van der Waals surface area contributed by atoms with Gasteiger partial charge in [0.1, 0.15) is 6.61 Å². The number of piperidine rings is 1. The van der Waals surface area contributed by atoms with Gasteiger partial charge in [0.15, 0.2) is 0 Å². The molecule has 2 rings (SSSR count). The number of likely N-dealkylation sites (N-methyl/N-ethyl adjacent to an activating group) is 1. The standard InChI is InChI=1S/C13H24N2O3/c1-14-5-4-11(7-17-2)6-13(14)9-15(10-13)12(16)8-18-3/h11H,4-10H2,1-3H3/t11-/m0/s1. The van der Waals surface area contributed by atoms with E-state index in [1.54, 1.807) is 14.2 Å². The average Bonchev–Trinajstić information content (AvgIpc) is 2.29. The molecule has 0 aromatic heterocycles. The number of rotatable bonds is 4. The Hall–Kier alpha value is -0.650. The Kier molecular flexibility index (Phi) is 4.25. The molecule has 1 atom stereocenters. The van der Waals surface area contributed by atoms with Crippen molar-refractivity contribution in [2.45, 2.75) is 18.4 Å². The molecular formula is C13H24N2O3. The monoisotopic (exact) mass is 256 g/mol. The van der Waals surface area contributed by atoms with E-state index >= 15 is 0 Å². The Morgan fingerprint density at radius 2 is 2.06 bits per heavy atom. The Balaban J connectivity index is 1.90. The molecular weight excluding hydrogens is 232 g/mol. The molecule has 1 spiro atoms. The van der Waals surface area contributed by atoms with Gasteiger partial charge in [-0.05, 0) is 32.4 Å². The molecule has 0 bridgehead atoms. The molecule has 0 aliphatic carbocycles. The zero-order valence-electron chi connectivity index (χ0n) is 11.6. The van der Waals surface area contributed by atoms with Gasteiger partial charge < -0.3 is 14.4 Å². The largest absolute Gasteiger partial charge is 0.384 e. The van der Waals surface area contributed by atoms with Gasteiger partial charge in [-0.15, -0.1) is 0 Å². The predicted octanol–water partition coefficient (Wildman–Crippen LogP) is 0.202. The topological polar surface area (TPSA) is 42.0 Å². The van der Waals surface area contributed by atoms with E-state index in [1.807, 2.05) is 4.90 Å². The molecule has 2 fully saturated rings. The molecule has 5 nitrogen and oxygen atoms in total. The number of ether oxygens (including phenoxy) is 2. The fourth-order valence-electron chi connectivity index (χ4n) is 3.21. The van der Waals surface area contributed by atoms with Crippen LogP contribution in [0.3, 0.4) is 0 Å². The zero-order valence-corrected chi connectivity index (χ0v) is 11.6. The van der Waals surface area contributed by atoms with Crippen LogP contribution in [0.4, 0.5) is 0 Å². The van der Waals surface area contributed by atoms with Crippen molar-refractivity contribution in [2.75, 3.05) is 54.1 Å². The summed E-state index contributed by atoms with van der Waals surface area (Å²) in [5.74, 6) is 0.733. The number of nitrogens with zero attached hydrogens (tertiary/aromatic N) is 2. The molecule has 2 heterocycles. The van der Waals surface area contributed by atoms with Crippen LogP contribution in [0.2, 0.25) is 0 Å². The summed E-state index contributed by atoms with van der Waals surface area (Å²) in [6.45, 7) is 3.81.